The van der Waals surface area contributed by atoms with Gasteiger partial charge in [-0.05, 0) is 66.2 Å². The molecule has 1 saturated heterocycles. The predicted molar refractivity (Wildman–Crippen MR) is 114 cm³/mol. The molecule has 1 aliphatic heterocycles. The van der Waals surface area contributed by atoms with Crippen molar-refractivity contribution < 1.29 is 28.7 Å². The van der Waals surface area contributed by atoms with E-state index in [1.54, 1.807) is 20.8 Å². The molecule has 9 heteroatoms. The largest absolute Gasteiger partial charge is 0.467 e. The lowest BCUT2D eigenvalue weighted by Gasteiger charge is -2.36. The van der Waals surface area contributed by atoms with Gasteiger partial charge in [-0.2, -0.15) is 0 Å². The molecule has 0 aromatic carbocycles. The van der Waals surface area contributed by atoms with Gasteiger partial charge in [-0.15, -0.1) is 0 Å². The molecule has 1 aliphatic carbocycles. The molecular weight excluding hydrogens is 402 g/mol. The van der Waals surface area contributed by atoms with Gasteiger partial charge in [-0.25, -0.2) is 9.59 Å². The zero-order valence-corrected chi connectivity index (χ0v) is 19.5. The number of carbonyl (C=O) groups excluding carboxylic acids is 4. The Balaban J connectivity index is 2.04. The minimum atomic E-state index is -0.975. The fraction of sp³-hybridized carbons (Fsp3) is 0.818. The highest BCUT2D eigenvalue weighted by Gasteiger charge is 2.38. The van der Waals surface area contributed by atoms with Gasteiger partial charge in [0.1, 0.15) is 17.7 Å². The average Bonchev–Trinajstić information content (AvgIpc) is 3.43. The van der Waals surface area contributed by atoms with Crippen LogP contribution in [0.15, 0.2) is 0 Å². The summed E-state index contributed by atoms with van der Waals surface area (Å²) in [5.74, 6) is -1.29. The quantitative estimate of drug-likeness (QED) is 0.497. The molecule has 0 radical (unpaired) electrons. The zero-order chi connectivity index (χ0) is 23.4. The van der Waals surface area contributed by atoms with Crippen LogP contribution in [0.1, 0.15) is 73.1 Å². The maximum atomic E-state index is 13.0. The first-order valence-electron chi connectivity index (χ1n) is 11.0. The second-order valence-corrected chi connectivity index (χ2v) is 10.3. The Labute approximate surface area is 184 Å². The van der Waals surface area contributed by atoms with E-state index in [0.29, 0.717) is 18.8 Å². The number of hydrogen-bond donors (Lipinski definition) is 3. The van der Waals surface area contributed by atoms with Crippen LogP contribution in [0.25, 0.3) is 0 Å². The molecule has 0 spiro atoms. The highest BCUT2D eigenvalue weighted by Crippen LogP contribution is 2.33. The van der Waals surface area contributed by atoms with Crippen molar-refractivity contribution >= 4 is 23.9 Å². The second kappa shape index (κ2) is 9.87. The third-order valence-electron chi connectivity index (χ3n) is 5.55. The van der Waals surface area contributed by atoms with Gasteiger partial charge < -0.3 is 25.4 Å². The lowest BCUT2D eigenvalue weighted by molar-refractivity contribution is -0.146. The standard InChI is InChI=1S/C22H37N3O6/c1-21(2,3)31-20(29)24-15(11-13-7-8-13)18(27)23-16(19(28)30-6)12-14-9-10-22(4,5)25-17(14)26/h13-16H,7-12H2,1-6H3,(H,23,27)(H,24,29)(H,25,26). The molecule has 2 rings (SSSR count). The number of ether oxygens (including phenoxy) is 2. The van der Waals surface area contributed by atoms with Crippen LogP contribution in [0.5, 0.6) is 0 Å². The summed E-state index contributed by atoms with van der Waals surface area (Å²) in [5.41, 5.74) is -0.981. The molecule has 3 unspecified atom stereocenters. The van der Waals surface area contributed by atoms with Crippen molar-refractivity contribution in [1.29, 1.82) is 0 Å². The summed E-state index contributed by atoms with van der Waals surface area (Å²) in [7, 11) is 1.24. The number of methoxy groups -OCH3 is 1. The van der Waals surface area contributed by atoms with Crippen molar-refractivity contribution in [1.82, 2.24) is 16.0 Å². The second-order valence-electron chi connectivity index (χ2n) is 10.3. The summed E-state index contributed by atoms with van der Waals surface area (Å²) in [5, 5.41) is 8.27. The number of piperidine rings is 1. The van der Waals surface area contributed by atoms with E-state index in [-0.39, 0.29) is 17.9 Å². The topological polar surface area (TPSA) is 123 Å². The van der Waals surface area contributed by atoms with E-state index < -0.39 is 41.6 Å². The Morgan fingerprint density at radius 3 is 2.26 bits per heavy atom. The van der Waals surface area contributed by atoms with Crippen LogP contribution in [0.2, 0.25) is 0 Å². The van der Waals surface area contributed by atoms with Crippen LogP contribution in [0.4, 0.5) is 4.79 Å². The highest BCUT2D eigenvalue weighted by molar-refractivity contribution is 5.90. The van der Waals surface area contributed by atoms with E-state index in [4.69, 9.17) is 9.47 Å². The molecule has 2 fully saturated rings. The SMILES string of the molecule is COC(=O)C(CC1CCC(C)(C)NC1=O)NC(=O)C(CC1CC1)NC(=O)OC(C)(C)C. The Hall–Kier alpha value is -2.32. The van der Waals surface area contributed by atoms with E-state index >= 15 is 0 Å². The molecule has 2 aliphatic rings. The molecule has 9 nitrogen and oxygen atoms in total. The van der Waals surface area contributed by atoms with Crippen LogP contribution in [-0.2, 0) is 23.9 Å². The molecule has 3 N–H and O–H groups in total. The minimum absolute atomic E-state index is 0.138. The molecule has 0 aromatic rings. The third-order valence-corrected chi connectivity index (χ3v) is 5.55. The van der Waals surface area contributed by atoms with Crippen molar-refractivity contribution in [3.8, 4) is 0 Å². The van der Waals surface area contributed by atoms with Gasteiger partial charge in [-0.3, -0.25) is 9.59 Å². The van der Waals surface area contributed by atoms with Crippen LogP contribution in [-0.4, -0.2) is 54.2 Å². The summed E-state index contributed by atoms with van der Waals surface area (Å²) in [4.78, 5) is 50.0. The Morgan fingerprint density at radius 1 is 1.10 bits per heavy atom. The lowest BCUT2D eigenvalue weighted by atomic mass is 9.83. The lowest BCUT2D eigenvalue weighted by Crippen LogP contribution is -2.55. The molecule has 0 aromatic heterocycles. The van der Waals surface area contributed by atoms with Gasteiger partial charge in [0.2, 0.25) is 11.8 Å². The number of hydrogen-bond acceptors (Lipinski definition) is 6. The van der Waals surface area contributed by atoms with Gasteiger partial charge in [0, 0.05) is 11.5 Å². The predicted octanol–water partition coefficient (Wildman–Crippen LogP) is 2.03. The molecule has 0 bridgehead atoms. The molecule has 1 saturated carbocycles. The van der Waals surface area contributed by atoms with Crippen molar-refractivity contribution in [2.45, 2.75) is 96.4 Å². The monoisotopic (exact) mass is 439 g/mol. The number of alkyl carbamates (subject to hydrolysis) is 1. The first-order chi connectivity index (χ1) is 14.3. The number of amides is 3. The van der Waals surface area contributed by atoms with Crippen molar-refractivity contribution in [2.75, 3.05) is 7.11 Å². The highest BCUT2D eigenvalue weighted by atomic mass is 16.6. The summed E-state index contributed by atoms with van der Waals surface area (Å²) >= 11 is 0. The molecule has 1 heterocycles. The number of rotatable bonds is 8. The number of carbonyl (C=O) groups is 4. The normalized spacial score (nSPS) is 22.5. The van der Waals surface area contributed by atoms with Crippen LogP contribution >= 0.6 is 0 Å². The van der Waals surface area contributed by atoms with Gasteiger partial charge in [0.05, 0.1) is 7.11 Å². The Morgan fingerprint density at radius 2 is 1.74 bits per heavy atom. The molecule has 176 valence electrons. The number of esters is 1. The van der Waals surface area contributed by atoms with Gasteiger partial charge in [0.15, 0.2) is 0 Å². The smallest absolute Gasteiger partial charge is 0.408 e. The summed E-state index contributed by atoms with van der Waals surface area (Å²) < 4.78 is 10.1. The fourth-order valence-corrected chi connectivity index (χ4v) is 3.67. The third kappa shape index (κ3) is 8.38. The first-order valence-corrected chi connectivity index (χ1v) is 11.0. The molecule has 3 amide bonds. The van der Waals surface area contributed by atoms with Crippen molar-refractivity contribution in [3.05, 3.63) is 0 Å². The van der Waals surface area contributed by atoms with Crippen molar-refractivity contribution in [3.63, 3.8) is 0 Å². The molecule has 31 heavy (non-hydrogen) atoms. The van der Waals surface area contributed by atoms with Crippen molar-refractivity contribution in [2.24, 2.45) is 11.8 Å². The van der Waals surface area contributed by atoms with Crippen LogP contribution in [0.3, 0.4) is 0 Å². The Kier molecular flexibility index (Phi) is 7.94. The zero-order valence-electron chi connectivity index (χ0n) is 19.5. The first kappa shape index (κ1) is 24.9. The average molecular weight is 440 g/mol. The Bertz CT molecular complexity index is 696. The van der Waals surface area contributed by atoms with Crippen LogP contribution < -0.4 is 16.0 Å². The molecular formula is C22H37N3O6. The maximum Gasteiger partial charge on any atom is 0.408 e. The summed E-state index contributed by atoms with van der Waals surface area (Å²) in [6, 6.07) is -1.80. The van der Waals surface area contributed by atoms with E-state index in [1.807, 2.05) is 13.8 Å². The van der Waals surface area contributed by atoms with E-state index in [2.05, 4.69) is 16.0 Å². The van der Waals surface area contributed by atoms with Gasteiger partial charge >= 0.3 is 12.1 Å². The van der Waals surface area contributed by atoms with Crippen LogP contribution in [0, 0.1) is 11.8 Å². The fourth-order valence-electron chi connectivity index (χ4n) is 3.67. The van der Waals surface area contributed by atoms with E-state index in [9.17, 15) is 19.2 Å². The summed E-state index contributed by atoms with van der Waals surface area (Å²) in [6.45, 7) is 9.13. The minimum Gasteiger partial charge on any atom is -0.467 e. The number of nitrogens with one attached hydrogen (secondary N) is 3. The summed E-state index contributed by atoms with van der Waals surface area (Å²) in [6.07, 6.45) is 3.31. The molecule has 3 atom stereocenters. The van der Waals surface area contributed by atoms with E-state index in [1.165, 1.54) is 7.11 Å². The van der Waals surface area contributed by atoms with E-state index in [0.717, 1.165) is 19.3 Å². The van der Waals surface area contributed by atoms with Gasteiger partial charge in [-0.1, -0.05) is 12.8 Å². The maximum absolute atomic E-state index is 13.0. The van der Waals surface area contributed by atoms with Gasteiger partial charge in [0.25, 0.3) is 0 Å².